The summed E-state index contributed by atoms with van der Waals surface area (Å²) >= 11 is 0. The van der Waals surface area contributed by atoms with E-state index in [4.69, 9.17) is 0 Å². The molecule has 0 bridgehead atoms. The fourth-order valence-corrected chi connectivity index (χ4v) is 2.17. The number of carboxylic acids is 1. The molecule has 5 heteroatoms. The van der Waals surface area contributed by atoms with Crippen molar-refractivity contribution in [3.63, 3.8) is 0 Å². The van der Waals surface area contributed by atoms with Gasteiger partial charge in [0, 0.05) is 18.2 Å². The fraction of sp³-hybridized carbons (Fsp3) is 0.0625. The molecule has 0 saturated heterocycles. The van der Waals surface area contributed by atoms with Crippen LogP contribution in [0, 0.1) is 0 Å². The lowest BCUT2D eigenvalue weighted by atomic mass is 10.1. The lowest BCUT2D eigenvalue weighted by Gasteiger charge is -2.06. The second-order valence-electron chi connectivity index (χ2n) is 4.64. The summed E-state index contributed by atoms with van der Waals surface area (Å²) < 4.78 is 1.88. The van der Waals surface area contributed by atoms with Crippen molar-refractivity contribution in [1.82, 2.24) is 14.8 Å². The first-order chi connectivity index (χ1) is 10.2. The van der Waals surface area contributed by atoms with Gasteiger partial charge in [-0.05, 0) is 5.56 Å². The van der Waals surface area contributed by atoms with E-state index in [0.717, 1.165) is 17.0 Å². The number of benzene rings is 2. The van der Waals surface area contributed by atoms with Crippen LogP contribution in [0.15, 0.2) is 54.6 Å². The minimum Gasteiger partial charge on any atom is -0.545 e. The lowest BCUT2D eigenvalue weighted by molar-refractivity contribution is -0.255. The molecule has 0 aliphatic carbocycles. The van der Waals surface area contributed by atoms with Gasteiger partial charge in [-0.25, -0.2) is 0 Å². The first-order valence-electron chi connectivity index (χ1n) is 6.43. The molecule has 1 aromatic heterocycles. The fourth-order valence-electron chi connectivity index (χ4n) is 2.17. The number of aromatic nitrogens is 3. The van der Waals surface area contributed by atoms with Gasteiger partial charge in [0.2, 0.25) is 0 Å². The largest absolute Gasteiger partial charge is 0.545 e. The highest BCUT2D eigenvalue weighted by molar-refractivity contribution is 5.86. The molecule has 104 valence electrons. The minimum absolute atomic E-state index is 0.143. The smallest absolute Gasteiger partial charge is 0.163 e. The van der Waals surface area contributed by atoms with Crippen molar-refractivity contribution >= 4 is 5.97 Å². The van der Waals surface area contributed by atoms with E-state index in [0.29, 0.717) is 5.82 Å². The number of rotatable bonds is 3. The van der Waals surface area contributed by atoms with Crippen molar-refractivity contribution < 1.29 is 9.90 Å². The number of aromatic carboxylic acids is 1. The quantitative estimate of drug-likeness (QED) is 0.728. The normalized spacial score (nSPS) is 10.5. The van der Waals surface area contributed by atoms with Gasteiger partial charge in [0.25, 0.3) is 0 Å². The van der Waals surface area contributed by atoms with Gasteiger partial charge in [0.1, 0.15) is 0 Å². The van der Waals surface area contributed by atoms with Crippen LogP contribution in [0.1, 0.15) is 10.4 Å². The van der Waals surface area contributed by atoms with Crippen LogP contribution in [0.25, 0.3) is 22.8 Å². The highest BCUT2D eigenvalue weighted by Crippen LogP contribution is 2.23. The Hall–Kier alpha value is -2.95. The topological polar surface area (TPSA) is 70.8 Å². The molecule has 3 aromatic rings. The molecule has 0 aliphatic rings. The van der Waals surface area contributed by atoms with E-state index in [9.17, 15) is 9.90 Å². The Kier molecular flexibility index (Phi) is 3.23. The molecule has 3 rings (SSSR count). The van der Waals surface area contributed by atoms with Crippen molar-refractivity contribution in [2.75, 3.05) is 0 Å². The van der Waals surface area contributed by atoms with Crippen LogP contribution in [0.4, 0.5) is 0 Å². The molecule has 0 saturated carbocycles. The van der Waals surface area contributed by atoms with Crippen LogP contribution in [-0.4, -0.2) is 20.7 Å². The zero-order valence-electron chi connectivity index (χ0n) is 11.4. The van der Waals surface area contributed by atoms with Crippen LogP contribution >= 0.6 is 0 Å². The molecule has 0 N–H and O–H groups in total. The van der Waals surface area contributed by atoms with Crippen molar-refractivity contribution in [1.29, 1.82) is 0 Å². The predicted octanol–water partition coefficient (Wildman–Crippen LogP) is 1.51. The highest BCUT2D eigenvalue weighted by atomic mass is 16.4. The van der Waals surface area contributed by atoms with Crippen LogP contribution in [0.5, 0.6) is 0 Å². The third kappa shape index (κ3) is 2.41. The van der Waals surface area contributed by atoms with Gasteiger partial charge in [-0.3, -0.25) is 0 Å². The second kappa shape index (κ2) is 5.20. The zero-order valence-corrected chi connectivity index (χ0v) is 11.4. The highest BCUT2D eigenvalue weighted by Gasteiger charge is 2.12. The Labute approximate surface area is 121 Å². The Morgan fingerprint density at radius 3 is 1.95 bits per heavy atom. The van der Waals surface area contributed by atoms with E-state index in [1.807, 2.05) is 41.9 Å². The molecular weight excluding hydrogens is 266 g/mol. The monoisotopic (exact) mass is 278 g/mol. The summed E-state index contributed by atoms with van der Waals surface area (Å²) in [6.45, 7) is 0. The van der Waals surface area contributed by atoms with Gasteiger partial charge in [-0.2, -0.15) is 0 Å². The molecule has 1 heterocycles. The van der Waals surface area contributed by atoms with Gasteiger partial charge in [0.05, 0.1) is 5.97 Å². The molecule has 0 unspecified atom stereocenters. The molecule has 0 spiro atoms. The summed E-state index contributed by atoms with van der Waals surface area (Å²) in [4.78, 5) is 10.8. The van der Waals surface area contributed by atoms with Gasteiger partial charge >= 0.3 is 0 Å². The minimum atomic E-state index is -1.19. The van der Waals surface area contributed by atoms with Crippen molar-refractivity contribution in [2.24, 2.45) is 7.05 Å². The maximum atomic E-state index is 10.8. The van der Waals surface area contributed by atoms with Crippen LogP contribution in [0.2, 0.25) is 0 Å². The SMILES string of the molecule is Cn1c(-c2ccccc2)nnc1-c1ccc(C(=O)[O-])cc1. The number of carbonyl (C=O) groups excluding carboxylic acids is 1. The van der Waals surface area contributed by atoms with E-state index >= 15 is 0 Å². The Bertz CT molecular complexity index is 777. The molecule has 2 aromatic carbocycles. The summed E-state index contributed by atoms with van der Waals surface area (Å²) in [6.07, 6.45) is 0. The third-order valence-electron chi connectivity index (χ3n) is 3.29. The molecule has 5 nitrogen and oxygen atoms in total. The molecule has 21 heavy (non-hydrogen) atoms. The van der Waals surface area contributed by atoms with Gasteiger partial charge in [-0.15, -0.1) is 10.2 Å². The van der Waals surface area contributed by atoms with Crippen molar-refractivity contribution in [3.05, 3.63) is 60.2 Å². The summed E-state index contributed by atoms with van der Waals surface area (Å²) in [5, 5.41) is 19.2. The Morgan fingerprint density at radius 1 is 0.905 bits per heavy atom. The summed E-state index contributed by atoms with van der Waals surface area (Å²) in [7, 11) is 1.88. The van der Waals surface area contributed by atoms with E-state index < -0.39 is 5.97 Å². The molecule has 0 fully saturated rings. The number of carboxylic acid groups (broad SMARTS) is 1. The molecule has 0 radical (unpaired) electrons. The second-order valence-corrected chi connectivity index (χ2v) is 4.64. The van der Waals surface area contributed by atoms with Crippen molar-refractivity contribution in [2.45, 2.75) is 0 Å². The predicted molar refractivity (Wildman–Crippen MR) is 76.2 cm³/mol. The van der Waals surface area contributed by atoms with Crippen LogP contribution in [-0.2, 0) is 7.05 Å². The van der Waals surface area contributed by atoms with Crippen molar-refractivity contribution in [3.8, 4) is 22.8 Å². The molecular formula is C16H12N3O2-. The average Bonchev–Trinajstić information content (AvgIpc) is 2.90. The summed E-state index contributed by atoms with van der Waals surface area (Å²) in [6, 6.07) is 16.2. The van der Waals surface area contributed by atoms with Gasteiger partial charge in [-0.1, -0.05) is 54.6 Å². The standard InChI is InChI=1S/C16H13N3O2/c1-19-14(11-5-3-2-4-6-11)17-18-15(19)12-7-9-13(10-8-12)16(20)21/h2-10H,1H3,(H,20,21)/p-1. The zero-order chi connectivity index (χ0) is 14.8. The first kappa shape index (κ1) is 13.1. The van der Waals surface area contributed by atoms with E-state index in [2.05, 4.69) is 10.2 Å². The number of carbonyl (C=O) groups is 1. The number of hydrogen-bond donors (Lipinski definition) is 0. The average molecular weight is 278 g/mol. The summed E-state index contributed by atoms with van der Waals surface area (Å²) in [5.74, 6) is 0.248. The Morgan fingerprint density at radius 2 is 1.43 bits per heavy atom. The molecule has 0 atom stereocenters. The third-order valence-corrected chi connectivity index (χ3v) is 3.29. The van der Waals surface area contributed by atoms with E-state index in [1.54, 1.807) is 12.1 Å². The lowest BCUT2D eigenvalue weighted by Crippen LogP contribution is -2.21. The maximum absolute atomic E-state index is 10.8. The number of hydrogen-bond acceptors (Lipinski definition) is 4. The van der Waals surface area contributed by atoms with E-state index in [1.165, 1.54) is 12.1 Å². The van der Waals surface area contributed by atoms with Crippen LogP contribution < -0.4 is 5.11 Å². The van der Waals surface area contributed by atoms with Crippen LogP contribution in [0.3, 0.4) is 0 Å². The summed E-state index contributed by atoms with van der Waals surface area (Å²) in [5.41, 5.74) is 1.92. The van der Waals surface area contributed by atoms with Gasteiger partial charge < -0.3 is 14.5 Å². The first-order valence-corrected chi connectivity index (χ1v) is 6.43. The Balaban J connectivity index is 2.01. The molecule has 0 amide bonds. The number of nitrogens with zero attached hydrogens (tertiary/aromatic N) is 3. The van der Waals surface area contributed by atoms with Gasteiger partial charge in [0.15, 0.2) is 11.6 Å². The molecule has 0 aliphatic heterocycles. The van der Waals surface area contributed by atoms with E-state index in [-0.39, 0.29) is 5.56 Å². The maximum Gasteiger partial charge on any atom is 0.163 e.